The predicted molar refractivity (Wildman–Crippen MR) is 60.8 cm³/mol. The van der Waals surface area contributed by atoms with Gasteiger partial charge in [-0.3, -0.25) is 4.79 Å². The summed E-state index contributed by atoms with van der Waals surface area (Å²) < 4.78 is 36.5. The first-order valence-corrected chi connectivity index (χ1v) is 5.20. The summed E-state index contributed by atoms with van der Waals surface area (Å²) in [5.41, 5.74) is -0.783. The molecule has 0 saturated carbocycles. The number of hydrogen-bond acceptors (Lipinski definition) is 2. The highest BCUT2D eigenvalue weighted by Crippen LogP contribution is 2.22. The molecule has 8 heteroatoms. The number of carboxylic acids is 1. The highest BCUT2D eigenvalue weighted by atomic mass is 127. The van der Waals surface area contributed by atoms with E-state index in [0.717, 1.165) is 12.1 Å². The van der Waals surface area contributed by atoms with Crippen molar-refractivity contribution in [2.24, 2.45) is 0 Å². The number of hydrogen-bond donors (Lipinski definition) is 2. The van der Waals surface area contributed by atoms with Crippen LogP contribution in [0.4, 0.5) is 18.9 Å². The van der Waals surface area contributed by atoms with Gasteiger partial charge in [0, 0.05) is 3.57 Å². The average Bonchev–Trinajstić information content (AvgIpc) is 2.18. The van der Waals surface area contributed by atoms with Gasteiger partial charge in [0.2, 0.25) is 0 Å². The molecular weight excluding hydrogens is 354 g/mol. The van der Waals surface area contributed by atoms with Crippen LogP contribution in [0.1, 0.15) is 10.4 Å². The van der Waals surface area contributed by atoms with Crippen LogP contribution in [0.2, 0.25) is 0 Å². The van der Waals surface area contributed by atoms with Crippen LogP contribution in [0.25, 0.3) is 0 Å². The third kappa shape index (κ3) is 3.58. The Morgan fingerprint density at radius 3 is 2.35 bits per heavy atom. The van der Waals surface area contributed by atoms with Gasteiger partial charge in [0.1, 0.15) is 0 Å². The standard InChI is InChI=1S/C9H5F3INO3/c10-9(11,12)8(17)14-6-2-1-4(13)3-5(6)7(15)16/h1-3H,(H,14,17)(H,15,16). The molecule has 1 aromatic rings. The minimum Gasteiger partial charge on any atom is -0.478 e. The fraction of sp³-hybridized carbons (Fsp3) is 0.111. The van der Waals surface area contributed by atoms with Gasteiger partial charge in [-0.2, -0.15) is 13.2 Å². The Labute approximate surface area is 107 Å². The molecule has 1 rings (SSSR count). The Morgan fingerprint density at radius 1 is 1.29 bits per heavy atom. The van der Waals surface area contributed by atoms with E-state index in [1.54, 1.807) is 0 Å². The van der Waals surface area contributed by atoms with Crippen LogP contribution in [0, 0.1) is 3.57 Å². The van der Waals surface area contributed by atoms with Crippen LogP contribution in [0.5, 0.6) is 0 Å². The van der Waals surface area contributed by atoms with Crippen molar-refractivity contribution in [1.29, 1.82) is 0 Å². The van der Waals surface area contributed by atoms with Crippen molar-refractivity contribution in [2.45, 2.75) is 6.18 Å². The molecule has 2 N–H and O–H groups in total. The lowest BCUT2D eigenvalue weighted by Gasteiger charge is -2.10. The third-order valence-electron chi connectivity index (χ3n) is 1.72. The molecule has 92 valence electrons. The maximum Gasteiger partial charge on any atom is 0.471 e. The maximum absolute atomic E-state index is 12.0. The van der Waals surface area contributed by atoms with Crippen molar-refractivity contribution in [3.63, 3.8) is 0 Å². The van der Waals surface area contributed by atoms with Gasteiger partial charge < -0.3 is 10.4 Å². The number of benzene rings is 1. The number of halogens is 4. The fourth-order valence-electron chi connectivity index (χ4n) is 0.996. The molecule has 1 amide bonds. The van der Waals surface area contributed by atoms with Gasteiger partial charge in [0.25, 0.3) is 0 Å². The summed E-state index contributed by atoms with van der Waals surface area (Å²) >= 11 is 1.81. The van der Waals surface area contributed by atoms with E-state index in [4.69, 9.17) is 5.11 Å². The Hall–Kier alpha value is -1.32. The lowest BCUT2D eigenvalue weighted by Crippen LogP contribution is -2.30. The minimum atomic E-state index is -5.06. The van der Waals surface area contributed by atoms with Gasteiger partial charge in [0.15, 0.2) is 0 Å². The second-order valence-electron chi connectivity index (χ2n) is 2.95. The summed E-state index contributed by atoms with van der Waals surface area (Å²) in [4.78, 5) is 21.4. The lowest BCUT2D eigenvalue weighted by molar-refractivity contribution is -0.167. The van der Waals surface area contributed by atoms with Crippen molar-refractivity contribution < 1.29 is 27.9 Å². The third-order valence-corrected chi connectivity index (χ3v) is 2.39. The largest absolute Gasteiger partial charge is 0.478 e. The molecule has 0 heterocycles. The molecule has 0 aliphatic rings. The summed E-state index contributed by atoms with van der Waals surface area (Å²) in [6, 6.07) is 3.66. The lowest BCUT2D eigenvalue weighted by atomic mass is 10.2. The molecular formula is C9H5F3INO3. The number of alkyl halides is 3. The molecule has 4 nitrogen and oxygen atoms in total. The summed E-state index contributed by atoms with van der Waals surface area (Å²) in [7, 11) is 0. The van der Waals surface area contributed by atoms with Crippen LogP contribution in [0.3, 0.4) is 0 Å². The first-order chi connectivity index (χ1) is 7.71. The summed E-state index contributed by atoms with van der Waals surface area (Å²) in [5, 5.41) is 10.3. The monoisotopic (exact) mass is 359 g/mol. The average molecular weight is 359 g/mol. The highest BCUT2D eigenvalue weighted by molar-refractivity contribution is 14.1. The van der Waals surface area contributed by atoms with E-state index >= 15 is 0 Å². The van der Waals surface area contributed by atoms with Gasteiger partial charge in [-0.15, -0.1) is 0 Å². The second kappa shape index (κ2) is 4.90. The van der Waals surface area contributed by atoms with E-state index in [9.17, 15) is 22.8 Å². The van der Waals surface area contributed by atoms with E-state index in [1.807, 2.05) is 22.6 Å². The van der Waals surface area contributed by atoms with E-state index in [2.05, 4.69) is 0 Å². The Bertz CT molecular complexity index is 473. The molecule has 0 spiro atoms. The van der Waals surface area contributed by atoms with Crippen molar-refractivity contribution in [2.75, 3.05) is 5.32 Å². The number of anilines is 1. The molecule has 17 heavy (non-hydrogen) atoms. The molecule has 0 radical (unpaired) electrons. The zero-order valence-electron chi connectivity index (χ0n) is 8.01. The zero-order chi connectivity index (χ0) is 13.2. The van der Waals surface area contributed by atoms with Crippen LogP contribution < -0.4 is 5.32 Å². The smallest absolute Gasteiger partial charge is 0.471 e. The molecule has 0 atom stereocenters. The van der Waals surface area contributed by atoms with Crippen molar-refractivity contribution in [1.82, 2.24) is 0 Å². The molecule has 0 saturated heterocycles. The quantitative estimate of drug-likeness (QED) is 0.798. The summed E-state index contributed by atoms with van der Waals surface area (Å²) in [5.74, 6) is -3.62. The van der Waals surface area contributed by atoms with E-state index in [-0.39, 0.29) is 5.69 Å². The number of rotatable bonds is 2. The first-order valence-electron chi connectivity index (χ1n) is 4.13. The summed E-state index contributed by atoms with van der Waals surface area (Å²) in [6.07, 6.45) is -5.06. The summed E-state index contributed by atoms with van der Waals surface area (Å²) in [6.45, 7) is 0. The van der Waals surface area contributed by atoms with Crippen LogP contribution in [-0.4, -0.2) is 23.2 Å². The van der Waals surface area contributed by atoms with Gasteiger partial charge in [-0.25, -0.2) is 4.79 Å². The first kappa shape index (κ1) is 13.7. The van der Waals surface area contributed by atoms with Gasteiger partial charge in [0.05, 0.1) is 11.3 Å². The van der Waals surface area contributed by atoms with Crippen molar-refractivity contribution in [3.8, 4) is 0 Å². The van der Waals surface area contributed by atoms with E-state index in [1.165, 1.54) is 11.4 Å². The normalized spacial score (nSPS) is 11.1. The molecule has 0 aliphatic carbocycles. The number of carbonyl (C=O) groups excluding carboxylic acids is 1. The van der Waals surface area contributed by atoms with Crippen molar-refractivity contribution >= 4 is 40.2 Å². The zero-order valence-corrected chi connectivity index (χ0v) is 10.2. The molecule has 0 fully saturated rings. The predicted octanol–water partition coefficient (Wildman–Crippen LogP) is 2.49. The van der Waals surface area contributed by atoms with E-state index in [0.29, 0.717) is 3.57 Å². The Morgan fingerprint density at radius 2 is 1.88 bits per heavy atom. The Kier molecular flexibility index (Phi) is 3.96. The highest BCUT2D eigenvalue weighted by Gasteiger charge is 2.39. The Balaban J connectivity index is 3.07. The van der Waals surface area contributed by atoms with Crippen molar-refractivity contribution in [3.05, 3.63) is 27.3 Å². The molecule has 1 aromatic carbocycles. The number of carbonyl (C=O) groups is 2. The second-order valence-corrected chi connectivity index (χ2v) is 4.19. The molecule has 0 aromatic heterocycles. The van der Waals surface area contributed by atoms with Crippen LogP contribution in [-0.2, 0) is 4.79 Å². The van der Waals surface area contributed by atoms with Gasteiger partial charge >= 0.3 is 18.1 Å². The number of amides is 1. The van der Waals surface area contributed by atoms with Crippen LogP contribution in [0.15, 0.2) is 18.2 Å². The molecule has 0 aliphatic heterocycles. The number of nitrogens with one attached hydrogen (secondary N) is 1. The topological polar surface area (TPSA) is 66.4 Å². The maximum atomic E-state index is 12.0. The van der Waals surface area contributed by atoms with Gasteiger partial charge in [-0.1, -0.05) is 0 Å². The number of aromatic carboxylic acids is 1. The minimum absolute atomic E-state index is 0.389. The van der Waals surface area contributed by atoms with E-state index < -0.39 is 23.6 Å². The van der Waals surface area contributed by atoms with Crippen LogP contribution >= 0.6 is 22.6 Å². The number of carboxylic acid groups (broad SMARTS) is 1. The molecule has 0 bridgehead atoms. The molecule has 0 unspecified atom stereocenters. The SMILES string of the molecule is O=C(O)c1cc(I)ccc1NC(=O)C(F)(F)F. The van der Waals surface area contributed by atoms with Gasteiger partial charge in [-0.05, 0) is 40.8 Å². The fourth-order valence-corrected chi connectivity index (χ4v) is 1.49.